The fourth-order valence-electron chi connectivity index (χ4n) is 9.54. The lowest BCUT2D eigenvalue weighted by Crippen LogP contribution is -2.26. The Kier molecular flexibility index (Phi) is 7.47. The summed E-state index contributed by atoms with van der Waals surface area (Å²) in [5.41, 5.74) is 20.6. The Morgan fingerprint density at radius 1 is 0.268 bits per heavy atom. The van der Waals surface area contributed by atoms with Gasteiger partial charge in [0.15, 0.2) is 0 Å². The van der Waals surface area contributed by atoms with E-state index in [9.17, 15) is 0 Å². The Morgan fingerprint density at radius 2 is 0.714 bits per heavy atom. The maximum Gasteiger partial charge on any atom is 0.0726 e. The average Bonchev–Trinajstić information content (AvgIpc) is 3.76. The van der Waals surface area contributed by atoms with E-state index >= 15 is 0 Å². The first kappa shape index (κ1) is 32.2. The van der Waals surface area contributed by atoms with Crippen LogP contribution in [0.15, 0.2) is 224 Å². The number of hydrogen-bond donors (Lipinski definition) is 0. The molecule has 56 heavy (non-hydrogen) atoms. The quantitative estimate of drug-likeness (QED) is 0.166. The molecule has 2 aliphatic carbocycles. The molecule has 0 heterocycles. The second-order valence-corrected chi connectivity index (χ2v) is 14.8. The van der Waals surface area contributed by atoms with E-state index in [1.54, 1.807) is 0 Å². The molecule has 0 bridgehead atoms. The largest absolute Gasteiger partial charge is 0.309 e. The number of nitrogens with zero attached hydrogens (tertiary/aromatic N) is 1. The van der Waals surface area contributed by atoms with E-state index in [-0.39, 0.29) is 0 Å². The lowest BCUT2D eigenvalue weighted by atomic mass is 9.70. The third-order valence-corrected chi connectivity index (χ3v) is 11.9. The molecule has 0 atom stereocenters. The Labute approximate surface area is 328 Å². The van der Waals surface area contributed by atoms with Gasteiger partial charge in [-0.25, -0.2) is 0 Å². The van der Waals surface area contributed by atoms with E-state index in [2.05, 4.69) is 229 Å². The van der Waals surface area contributed by atoms with Crippen molar-refractivity contribution in [3.8, 4) is 55.6 Å². The highest BCUT2D eigenvalue weighted by Crippen LogP contribution is 2.64. The number of anilines is 3. The molecule has 0 unspecified atom stereocenters. The molecule has 0 aliphatic heterocycles. The monoisotopic (exact) mass is 711 g/mol. The van der Waals surface area contributed by atoms with Crippen molar-refractivity contribution in [3.05, 3.63) is 247 Å². The number of hydrogen-bond acceptors (Lipinski definition) is 1. The van der Waals surface area contributed by atoms with Crippen LogP contribution in [0.25, 0.3) is 55.6 Å². The van der Waals surface area contributed by atoms with E-state index in [1.165, 1.54) is 77.9 Å². The Bertz CT molecular complexity index is 2850. The van der Waals surface area contributed by atoms with Crippen molar-refractivity contribution >= 4 is 17.1 Å². The van der Waals surface area contributed by atoms with Crippen molar-refractivity contribution in [2.75, 3.05) is 4.90 Å². The summed E-state index contributed by atoms with van der Waals surface area (Å²) in [7, 11) is 0. The minimum atomic E-state index is -0.433. The van der Waals surface area contributed by atoms with Gasteiger partial charge in [0, 0.05) is 16.8 Å². The summed E-state index contributed by atoms with van der Waals surface area (Å²) >= 11 is 0. The van der Waals surface area contributed by atoms with E-state index < -0.39 is 5.41 Å². The van der Waals surface area contributed by atoms with Crippen LogP contribution < -0.4 is 4.90 Å². The summed E-state index contributed by atoms with van der Waals surface area (Å²) in [6, 6.07) is 82.5. The lowest BCUT2D eigenvalue weighted by molar-refractivity contribution is 0.794. The molecule has 262 valence electrons. The Balaban J connectivity index is 1.21. The zero-order valence-electron chi connectivity index (χ0n) is 30.8. The lowest BCUT2D eigenvalue weighted by Gasteiger charge is -2.32. The van der Waals surface area contributed by atoms with Crippen LogP contribution in [0.4, 0.5) is 17.1 Å². The summed E-state index contributed by atoms with van der Waals surface area (Å²) in [4.78, 5) is 2.51. The first-order valence-corrected chi connectivity index (χ1v) is 19.4. The van der Waals surface area contributed by atoms with Gasteiger partial charge in [-0.3, -0.25) is 0 Å². The molecule has 0 radical (unpaired) electrons. The van der Waals surface area contributed by atoms with Crippen molar-refractivity contribution in [1.29, 1.82) is 0 Å². The van der Waals surface area contributed by atoms with Gasteiger partial charge < -0.3 is 4.90 Å². The van der Waals surface area contributed by atoms with E-state index in [4.69, 9.17) is 0 Å². The second-order valence-electron chi connectivity index (χ2n) is 14.8. The zero-order chi connectivity index (χ0) is 37.1. The minimum absolute atomic E-state index is 0.433. The highest BCUT2D eigenvalue weighted by Gasteiger charge is 2.52. The predicted molar refractivity (Wildman–Crippen MR) is 234 cm³/mol. The Morgan fingerprint density at radius 3 is 1.32 bits per heavy atom. The molecule has 0 saturated heterocycles. The maximum absolute atomic E-state index is 2.51. The van der Waals surface area contributed by atoms with Gasteiger partial charge in [0.05, 0.1) is 16.8 Å². The molecule has 9 aromatic carbocycles. The van der Waals surface area contributed by atoms with Crippen molar-refractivity contribution in [3.63, 3.8) is 0 Å². The first-order chi connectivity index (χ1) is 27.8. The molecule has 1 heteroatoms. The van der Waals surface area contributed by atoms with E-state index in [1.807, 2.05) is 0 Å². The van der Waals surface area contributed by atoms with Crippen LogP contribution in [-0.2, 0) is 5.41 Å². The van der Waals surface area contributed by atoms with Crippen LogP contribution in [-0.4, -0.2) is 0 Å². The van der Waals surface area contributed by atoms with Crippen LogP contribution in [0.2, 0.25) is 0 Å². The van der Waals surface area contributed by atoms with Gasteiger partial charge in [0.2, 0.25) is 0 Å². The summed E-state index contributed by atoms with van der Waals surface area (Å²) < 4.78 is 0. The molecule has 0 saturated carbocycles. The SMILES string of the molecule is c1ccc(-c2ccc(N(c3ccc(-c4ccccc4)cc3-c3ccccc3)c3cccc4c3-c3ccccc3C43c4ccccc4-c4ccccc43)cc2)cc1. The number of fused-ring (bicyclic) bond motifs is 10. The Hall–Kier alpha value is -7.22. The highest BCUT2D eigenvalue weighted by atomic mass is 15.1. The van der Waals surface area contributed by atoms with Crippen LogP contribution in [0.3, 0.4) is 0 Å². The molecule has 2 aliphatic rings. The minimum Gasteiger partial charge on any atom is -0.309 e. The van der Waals surface area contributed by atoms with Crippen molar-refractivity contribution < 1.29 is 0 Å². The standard InChI is InChI=1S/C55H37N/c1-4-17-38(18-5-1)40-31-34-43(35-32-40)56(52-36-33-42(39-19-6-2-7-20-39)37-47(52)41-21-8-3-9-22-41)53-30-16-29-51-54(53)46-25-12-15-28-50(46)55(51)48-26-13-10-23-44(48)45-24-11-14-27-49(45)55/h1-37H. The van der Waals surface area contributed by atoms with Crippen LogP contribution >= 0.6 is 0 Å². The second kappa shape index (κ2) is 13.0. The van der Waals surface area contributed by atoms with Crippen molar-refractivity contribution in [2.45, 2.75) is 5.41 Å². The summed E-state index contributed by atoms with van der Waals surface area (Å²) in [6.45, 7) is 0. The van der Waals surface area contributed by atoms with Gasteiger partial charge in [-0.15, -0.1) is 0 Å². The maximum atomic E-state index is 2.51. The fourth-order valence-corrected chi connectivity index (χ4v) is 9.54. The molecule has 0 N–H and O–H groups in total. The third kappa shape index (κ3) is 4.81. The summed E-state index contributed by atoms with van der Waals surface area (Å²) in [5, 5.41) is 0. The average molecular weight is 712 g/mol. The van der Waals surface area contributed by atoms with E-state index in [0.29, 0.717) is 0 Å². The predicted octanol–water partition coefficient (Wildman–Crippen LogP) is 14.5. The summed E-state index contributed by atoms with van der Waals surface area (Å²) in [6.07, 6.45) is 0. The third-order valence-electron chi connectivity index (χ3n) is 11.9. The zero-order valence-corrected chi connectivity index (χ0v) is 30.8. The molecule has 1 spiro atoms. The first-order valence-electron chi connectivity index (χ1n) is 19.4. The summed E-state index contributed by atoms with van der Waals surface area (Å²) in [5.74, 6) is 0. The molecule has 9 aromatic rings. The van der Waals surface area contributed by atoms with Crippen LogP contribution in [0.1, 0.15) is 22.3 Å². The van der Waals surface area contributed by atoms with Crippen molar-refractivity contribution in [2.24, 2.45) is 0 Å². The van der Waals surface area contributed by atoms with Gasteiger partial charge in [0.25, 0.3) is 0 Å². The van der Waals surface area contributed by atoms with Gasteiger partial charge in [-0.2, -0.15) is 0 Å². The van der Waals surface area contributed by atoms with Gasteiger partial charge in [-0.05, 0) is 97.1 Å². The van der Waals surface area contributed by atoms with Crippen molar-refractivity contribution in [1.82, 2.24) is 0 Å². The van der Waals surface area contributed by atoms with Gasteiger partial charge >= 0.3 is 0 Å². The van der Waals surface area contributed by atoms with Gasteiger partial charge in [-0.1, -0.05) is 194 Å². The van der Waals surface area contributed by atoms with Crippen LogP contribution in [0, 0.1) is 0 Å². The molecule has 0 amide bonds. The fraction of sp³-hybridized carbons (Fsp3) is 0.0182. The number of rotatable bonds is 6. The molecule has 0 fully saturated rings. The van der Waals surface area contributed by atoms with Gasteiger partial charge in [0.1, 0.15) is 0 Å². The normalized spacial score (nSPS) is 12.8. The molecule has 11 rings (SSSR count). The smallest absolute Gasteiger partial charge is 0.0726 e. The molecular weight excluding hydrogens is 675 g/mol. The molecular formula is C55H37N. The van der Waals surface area contributed by atoms with E-state index in [0.717, 1.165) is 17.1 Å². The number of benzene rings is 9. The highest BCUT2D eigenvalue weighted by molar-refractivity contribution is 6.02. The topological polar surface area (TPSA) is 3.24 Å². The molecule has 0 aromatic heterocycles. The van der Waals surface area contributed by atoms with Crippen LogP contribution in [0.5, 0.6) is 0 Å². The molecule has 1 nitrogen and oxygen atoms in total.